The smallest absolute Gasteiger partial charge is 0.238 e. The number of hydrogen-bond acceptors (Lipinski definition) is 4. The van der Waals surface area contributed by atoms with Crippen LogP contribution in [0.2, 0.25) is 0 Å². The molecule has 0 bridgehead atoms. The van der Waals surface area contributed by atoms with Gasteiger partial charge < -0.3 is 10.6 Å². The zero-order valence-electron chi connectivity index (χ0n) is 10.7. The molecule has 2 N–H and O–H groups in total. The standard InChI is InChI=1S/C11H22N2O3S/c1-8(2)4-13-11(14)9(3)17(15,16)7-10-5-12-6-10/h8-10,12H,4-7H2,1-3H3,(H,13,14). The van der Waals surface area contributed by atoms with Crippen LogP contribution in [0.25, 0.3) is 0 Å². The van der Waals surface area contributed by atoms with Crippen LogP contribution < -0.4 is 10.6 Å². The second-order valence-corrected chi connectivity index (χ2v) is 7.50. The van der Waals surface area contributed by atoms with Crippen LogP contribution in [-0.4, -0.2) is 45.0 Å². The number of amides is 1. The molecular weight excluding hydrogens is 240 g/mol. The van der Waals surface area contributed by atoms with Gasteiger partial charge in [0.1, 0.15) is 5.25 Å². The molecule has 17 heavy (non-hydrogen) atoms. The van der Waals surface area contributed by atoms with Crippen molar-refractivity contribution in [1.82, 2.24) is 10.6 Å². The van der Waals surface area contributed by atoms with E-state index >= 15 is 0 Å². The molecule has 0 aromatic rings. The highest BCUT2D eigenvalue weighted by atomic mass is 32.2. The molecule has 5 nitrogen and oxygen atoms in total. The lowest BCUT2D eigenvalue weighted by molar-refractivity contribution is -0.120. The fraction of sp³-hybridized carbons (Fsp3) is 0.909. The van der Waals surface area contributed by atoms with E-state index in [2.05, 4.69) is 10.6 Å². The van der Waals surface area contributed by atoms with Gasteiger partial charge in [-0.2, -0.15) is 0 Å². The van der Waals surface area contributed by atoms with Crippen molar-refractivity contribution < 1.29 is 13.2 Å². The third-order valence-corrected chi connectivity index (χ3v) is 5.15. The number of sulfone groups is 1. The highest BCUT2D eigenvalue weighted by Crippen LogP contribution is 2.12. The number of hydrogen-bond donors (Lipinski definition) is 2. The lowest BCUT2D eigenvalue weighted by Gasteiger charge is -2.27. The number of nitrogens with one attached hydrogen (secondary N) is 2. The van der Waals surface area contributed by atoms with Gasteiger partial charge in [-0.3, -0.25) is 4.79 Å². The summed E-state index contributed by atoms with van der Waals surface area (Å²) >= 11 is 0. The van der Waals surface area contributed by atoms with Gasteiger partial charge in [-0.25, -0.2) is 8.42 Å². The van der Waals surface area contributed by atoms with E-state index in [0.717, 1.165) is 13.1 Å². The molecule has 1 aliphatic rings. The van der Waals surface area contributed by atoms with Crippen molar-refractivity contribution in [3.63, 3.8) is 0 Å². The molecule has 1 atom stereocenters. The lowest BCUT2D eigenvalue weighted by atomic mass is 10.1. The third-order valence-electron chi connectivity index (χ3n) is 2.93. The molecule has 100 valence electrons. The summed E-state index contributed by atoms with van der Waals surface area (Å²) in [7, 11) is -3.32. The zero-order valence-corrected chi connectivity index (χ0v) is 11.5. The Balaban J connectivity index is 2.48. The first-order chi connectivity index (χ1) is 7.83. The maximum absolute atomic E-state index is 11.9. The van der Waals surface area contributed by atoms with Crippen molar-refractivity contribution in [2.75, 3.05) is 25.4 Å². The average Bonchev–Trinajstić information content (AvgIpc) is 2.19. The molecule has 1 saturated heterocycles. The van der Waals surface area contributed by atoms with Crippen molar-refractivity contribution in [1.29, 1.82) is 0 Å². The van der Waals surface area contributed by atoms with Gasteiger partial charge in [-0.05, 0) is 18.8 Å². The highest BCUT2D eigenvalue weighted by molar-refractivity contribution is 7.92. The molecule has 0 aliphatic carbocycles. The maximum atomic E-state index is 11.9. The minimum atomic E-state index is -3.32. The van der Waals surface area contributed by atoms with E-state index in [0.29, 0.717) is 12.5 Å². The van der Waals surface area contributed by atoms with E-state index in [4.69, 9.17) is 0 Å². The summed E-state index contributed by atoms with van der Waals surface area (Å²) in [6, 6.07) is 0. The number of rotatable bonds is 6. The molecule has 0 saturated carbocycles. The molecule has 1 amide bonds. The van der Waals surface area contributed by atoms with E-state index in [-0.39, 0.29) is 17.6 Å². The van der Waals surface area contributed by atoms with E-state index in [1.807, 2.05) is 13.8 Å². The van der Waals surface area contributed by atoms with Crippen LogP contribution in [0.5, 0.6) is 0 Å². The molecule has 0 aromatic heterocycles. The van der Waals surface area contributed by atoms with Gasteiger partial charge in [0.25, 0.3) is 0 Å². The number of carbonyl (C=O) groups excluding carboxylic acids is 1. The van der Waals surface area contributed by atoms with Crippen LogP contribution >= 0.6 is 0 Å². The van der Waals surface area contributed by atoms with Gasteiger partial charge in [-0.1, -0.05) is 13.8 Å². The second-order valence-electron chi connectivity index (χ2n) is 5.14. The van der Waals surface area contributed by atoms with E-state index < -0.39 is 15.1 Å². The molecule has 1 unspecified atom stereocenters. The predicted molar refractivity (Wildman–Crippen MR) is 67.5 cm³/mol. The Morgan fingerprint density at radius 3 is 2.35 bits per heavy atom. The Morgan fingerprint density at radius 1 is 1.35 bits per heavy atom. The van der Waals surface area contributed by atoms with Gasteiger partial charge in [-0.15, -0.1) is 0 Å². The van der Waals surface area contributed by atoms with E-state index in [1.165, 1.54) is 6.92 Å². The van der Waals surface area contributed by atoms with Crippen molar-refractivity contribution in [3.8, 4) is 0 Å². The Bertz CT molecular complexity index is 361. The average molecular weight is 262 g/mol. The molecule has 0 aromatic carbocycles. The van der Waals surface area contributed by atoms with Gasteiger partial charge in [0.15, 0.2) is 9.84 Å². The first-order valence-corrected chi connectivity index (χ1v) is 7.74. The summed E-state index contributed by atoms with van der Waals surface area (Å²) in [4.78, 5) is 11.7. The highest BCUT2D eigenvalue weighted by Gasteiger charge is 2.32. The topological polar surface area (TPSA) is 75.3 Å². The van der Waals surface area contributed by atoms with Crippen molar-refractivity contribution >= 4 is 15.7 Å². The van der Waals surface area contributed by atoms with Gasteiger partial charge in [0, 0.05) is 19.6 Å². The predicted octanol–water partition coefficient (Wildman–Crippen LogP) is -0.219. The van der Waals surface area contributed by atoms with Crippen molar-refractivity contribution in [3.05, 3.63) is 0 Å². The van der Waals surface area contributed by atoms with Crippen LogP contribution in [0.15, 0.2) is 0 Å². The lowest BCUT2D eigenvalue weighted by Crippen LogP contribution is -2.48. The molecule has 1 heterocycles. The Labute approximate surface area is 103 Å². The summed E-state index contributed by atoms with van der Waals surface area (Å²) in [5.41, 5.74) is 0. The third kappa shape index (κ3) is 4.27. The molecule has 1 rings (SSSR count). The Hall–Kier alpha value is -0.620. The Morgan fingerprint density at radius 2 is 1.94 bits per heavy atom. The molecular formula is C11H22N2O3S. The minimum Gasteiger partial charge on any atom is -0.355 e. The van der Waals surface area contributed by atoms with Crippen LogP contribution in [0, 0.1) is 11.8 Å². The fourth-order valence-electron chi connectivity index (χ4n) is 1.55. The summed E-state index contributed by atoms with van der Waals surface area (Å²) in [5, 5.41) is 4.75. The largest absolute Gasteiger partial charge is 0.355 e. The first-order valence-electron chi connectivity index (χ1n) is 6.03. The van der Waals surface area contributed by atoms with Crippen molar-refractivity contribution in [2.24, 2.45) is 11.8 Å². The van der Waals surface area contributed by atoms with Crippen LogP contribution in [-0.2, 0) is 14.6 Å². The fourth-order valence-corrected chi connectivity index (χ4v) is 3.14. The summed E-state index contributed by atoms with van der Waals surface area (Å²) in [6.07, 6.45) is 0. The normalized spacial score (nSPS) is 18.8. The van der Waals surface area contributed by atoms with Crippen LogP contribution in [0.1, 0.15) is 20.8 Å². The van der Waals surface area contributed by atoms with Crippen LogP contribution in [0.4, 0.5) is 0 Å². The second kappa shape index (κ2) is 5.82. The zero-order chi connectivity index (χ0) is 13.1. The summed E-state index contributed by atoms with van der Waals surface area (Å²) in [5.74, 6) is 0.215. The first kappa shape index (κ1) is 14.4. The molecule has 6 heteroatoms. The van der Waals surface area contributed by atoms with E-state index in [1.54, 1.807) is 0 Å². The minimum absolute atomic E-state index is 0.107. The summed E-state index contributed by atoms with van der Waals surface area (Å²) < 4.78 is 23.9. The van der Waals surface area contributed by atoms with Crippen LogP contribution in [0.3, 0.4) is 0 Å². The van der Waals surface area contributed by atoms with E-state index in [9.17, 15) is 13.2 Å². The quantitative estimate of drug-likeness (QED) is 0.694. The molecule has 0 spiro atoms. The number of carbonyl (C=O) groups is 1. The van der Waals surface area contributed by atoms with Crippen molar-refractivity contribution in [2.45, 2.75) is 26.0 Å². The monoisotopic (exact) mass is 262 g/mol. The Kier molecular flexibility index (Phi) is 4.94. The van der Waals surface area contributed by atoms with Gasteiger partial charge in [0.2, 0.25) is 5.91 Å². The SMILES string of the molecule is CC(C)CNC(=O)C(C)S(=O)(=O)CC1CNC1. The molecule has 1 aliphatic heterocycles. The molecule has 1 fully saturated rings. The van der Waals surface area contributed by atoms with Gasteiger partial charge in [0.05, 0.1) is 5.75 Å². The summed E-state index contributed by atoms with van der Waals surface area (Å²) in [6.45, 7) is 7.40. The van der Waals surface area contributed by atoms with Gasteiger partial charge >= 0.3 is 0 Å². The molecule has 0 radical (unpaired) electrons. The maximum Gasteiger partial charge on any atom is 0.238 e.